The second-order valence-electron chi connectivity index (χ2n) is 7.30. The van der Waals surface area contributed by atoms with Crippen LogP contribution in [0.4, 0.5) is 5.69 Å². The summed E-state index contributed by atoms with van der Waals surface area (Å²) in [5.74, 6) is -0.959. The third-order valence-electron chi connectivity index (χ3n) is 4.99. The molecule has 0 bridgehead atoms. The number of benzene rings is 2. The lowest BCUT2D eigenvalue weighted by Crippen LogP contribution is -2.36. The van der Waals surface area contributed by atoms with Crippen LogP contribution >= 0.6 is 23.2 Å². The number of hydrogen-bond donors (Lipinski definition) is 1. The standard InChI is InChI=1S/C21H23Cl2N3O4S/c1-25(14-19(27)24-20-17(22)9-6-10-18(20)23)21(28)15-7-5-8-16(13-15)31(29,30)26-11-3-2-4-12-26/h5-10,13H,2-4,11-12,14H2,1H3,(H,24,27). The number of para-hydroxylation sites is 1. The molecule has 0 unspecified atom stereocenters. The molecule has 7 nitrogen and oxygen atoms in total. The van der Waals surface area contributed by atoms with Crippen LogP contribution in [-0.2, 0) is 14.8 Å². The van der Waals surface area contributed by atoms with E-state index in [1.165, 1.54) is 40.5 Å². The van der Waals surface area contributed by atoms with Gasteiger partial charge >= 0.3 is 0 Å². The molecule has 31 heavy (non-hydrogen) atoms. The van der Waals surface area contributed by atoms with E-state index in [-0.39, 0.29) is 32.7 Å². The van der Waals surface area contributed by atoms with E-state index in [0.717, 1.165) is 19.3 Å². The van der Waals surface area contributed by atoms with Gasteiger partial charge in [0.05, 0.1) is 27.2 Å². The van der Waals surface area contributed by atoms with Gasteiger partial charge in [0.2, 0.25) is 15.9 Å². The van der Waals surface area contributed by atoms with E-state index in [2.05, 4.69) is 5.32 Å². The molecule has 1 fully saturated rings. The maximum atomic E-state index is 12.9. The Labute approximate surface area is 192 Å². The van der Waals surface area contributed by atoms with Crippen LogP contribution < -0.4 is 5.32 Å². The summed E-state index contributed by atoms with van der Waals surface area (Å²) in [6.07, 6.45) is 2.66. The first-order chi connectivity index (χ1) is 14.7. The topological polar surface area (TPSA) is 86.8 Å². The van der Waals surface area contributed by atoms with E-state index in [1.807, 2.05) is 0 Å². The van der Waals surface area contributed by atoms with Gasteiger partial charge in [-0.15, -0.1) is 0 Å². The van der Waals surface area contributed by atoms with Crippen molar-refractivity contribution in [1.29, 1.82) is 0 Å². The second-order valence-corrected chi connectivity index (χ2v) is 10.1. The minimum Gasteiger partial charge on any atom is -0.332 e. The number of nitrogens with zero attached hydrogens (tertiary/aromatic N) is 2. The maximum Gasteiger partial charge on any atom is 0.254 e. The maximum absolute atomic E-state index is 12.9. The van der Waals surface area contributed by atoms with Crippen LogP contribution in [0.25, 0.3) is 0 Å². The average molecular weight is 484 g/mol. The van der Waals surface area contributed by atoms with Crippen molar-refractivity contribution >= 4 is 50.7 Å². The molecule has 0 aromatic heterocycles. The lowest BCUT2D eigenvalue weighted by atomic mass is 10.2. The molecule has 0 spiro atoms. The highest BCUT2D eigenvalue weighted by Crippen LogP contribution is 2.29. The number of carbonyl (C=O) groups is 2. The largest absolute Gasteiger partial charge is 0.332 e. The Hall–Kier alpha value is -2.13. The zero-order valence-electron chi connectivity index (χ0n) is 17.0. The van der Waals surface area contributed by atoms with Crippen molar-refractivity contribution in [3.05, 3.63) is 58.1 Å². The minimum absolute atomic E-state index is 0.0703. The van der Waals surface area contributed by atoms with Gasteiger partial charge in [-0.3, -0.25) is 9.59 Å². The van der Waals surface area contributed by atoms with Crippen molar-refractivity contribution in [1.82, 2.24) is 9.21 Å². The lowest BCUT2D eigenvalue weighted by molar-refractivity contribution is -0.116. The summed E-state index contributed by atoms with van der Waals surface area (Å²) in [6.45, 7) is 0.694. The van der Waals surface area contributed by atoms with Crippen molar-refractivity contribution in [3.8, 4) is 0 Å². The molecule has 3 rings (SSSR count). The molecule has 0 radical (unpaired) electrons. The molecule has 0 saturated carbocycles. The quantitative estimate of drug-likeness (QED) is 0.675. The third-order valence-corrected chi connectivity index (χ3v) is 7.51. The number of piperidine rings is 1. The van der Waals surface area contributed by atoms with Gasteiger partial charge in [0.25, 0.3) is 5.91 Å². The number of carbonyl (C=O) groups excluding carboxylic acids is 2. The highest BCUT2D eigenvalue weighted by atomic mass is 35.5. The van der Waals surface area contributed by atoms with Gasteiger partial charge in [0.1, 0.15) is 0 Å². The summed E-state index contributed by atoms with van der Waals surface area (Å²) in [5, 5.41) is 3.16. The monoisotopic (exact) mass is 483 g/mol. The Morgan fingerprint density at radius 2 is 1.65 bits per heavy atom. The fraction of sp³-hybridized carbons (Fsp3) is 0.333. The van der Waals surface area contributed by atoms with Crippen LogP contribution in [0.5, 0.6) is 0 Å². The fourth-order valence-electron chi connectivity index (χ4n) is 3.35. The number of halogens is 2. The fourth-order valence-corrected chi connectivity index (χ4v) is 5.40. The number of hydrogen-bond acceptors (Lipinski definition) is 4. The summed E-state index contributed by atoms with van der Waals surface area (Å²) in [5.41, 5.74) is 0.454. The molecule has 10 heteroatoms. The molecule has 2 aromatic carbocycles. The Morgan fingerprint density at radius 3 is 2.29 bits per heavy atom. The molecule has 1 aliphatic rings. The number of nitrogens with one attached hydrogen (secondary N) is 1. The van der Waals surface area contributed by atoms with Gasteiger partial charge in [0, 0.05) is 25.7 Å². The molecule has 166 valence electrons. The zero-order chi connectivity index (χ0) is 22.6. The summed E-state index contributed by atoms with van der Waals surface area (Å²) < 4.78 is 27.2. The van der Waals surface area contributed by atoms with Gasteiger partial charge in [-0.2, -0.15) is 4.31 Å². The second kappa shape index (κ2) is 9.99. The Kier molecular flexibility index (Phi) is 7.59. The van der Waals surface area contributed by atoms with Gasteiger partial charge in [-0.05, 0) is 43.2 Å². The first kappa shape index (κ1) is 23.5. The van der Waals surface area contributed by atoms with Crippen LogP contribution in [0.2, 0.25) is 10.0 Å². The molecule has 1 saturated heterocycles. The average Bonchev–Trinajstić information content (AvgIpc) is 2.76. The van der Waals surface area contributed by atoms with Crippen LogP contribution in [-0.4, -0.2) is 56.1 Å². The van der Waals surface area contributed by atoms with Crippen LogP contribution in [0.15, 0.2) is 47.4 Å². The number of sulfonamides is 1. The van der Waals surface area contributed by atoms with E-state index >= 15 is 0 Å². The molecule has 1 aliphatic heterocycles. The van der Waals surface area contributed by atoms with E-state index in [4.69, 9.17) is 23.2 Å². The third kappa shape index (κ3) is 5.57. The molecule has 2 amide bonds. The van der Waals surface area contributed by atoms with Crippen molar-refractivity contribution in [2.24, 2.45) is 0 Å². The van der Waals surface area contributed by atoms with E-state index in [0.29, 0.717) is 13.1 Å². The molecule has 1 N–H and O–H groups in total. The normalized spacial score (nSPS) is 14.8. The summed E-state index contributed by atoms with van der Waals surface area (Å²) in [7, 11) is -2.20. The number of likely N-dealkylation sites (N-methyl/N-ethyl adjacent to an activating group) is 1. The molecule has 2 aromatic rings. The van der Waals surface area contributed by atoms with E-state index in [9.17, 15) is 18.0 Å². The minimum atomic E-state index is -3.66. The Balaban J connectivity index is 1.71. The van der Waals surface area contributed by atoms with Crippen molar-refractivity contribution in [2.45, 2.75) is 24.2 Å². The van der Waals surface area contributed by atoms with Crippen molar-refractivity contribution in [3.63, 3.8) is 0 Å². The first-order valence-electron chi connectivity index (χ1n) is 9.79. The molecule has 0 aliphatic carbocycles. The molecule has 0 atom stereocenters. The van der Waals surface area contributed by atoms with E-state index < -0.39 is 21.8 Å². The van der Waals surface area contributed by atoms with Crippen LogP contribution in [0.3, 0.4) is 0 Å². The smallest absolute Gasteiger partial charge is 0.254 e. The summed E-state index contributed by atoms with van der Waals surface area (Å²) in [4.78, 5) is 26.4. The van der Waals surface area contributed by atoms with Crippen LogP contribution in [0.1, 0.15) is 29.6 Å². The lowest BCUT2D eigenvalue weighted by Gasteiger charge is -2.26. The van der Waals surface area contributed by atoms with Gasteiger partial charge in [-0.25, -0.2) is 8.42 Å². The number of amides is 2. The highest BCUT2D eigenvalue weighted by Gasteiger charge is 2.27. The van der Waals surface area contributed by atoms with E-state index in [1.54, 1.807) is 18.2 Å². The zero-order valence-corrected chi connectivity index (χ0v) is 19.3. The molecular formula is C21H23Cl2N3O4S. The summed E-state index contributed by atoms with van der Waals surface area (Å²) >= 11 is 12.1. The predicted octanol–water partition coefficient (Wildman–Crippen LogP) is 3.88. The molecular weight excluding hydrogens is 461 g/mol. The van der Waals surface area contributed by atoms with Crippen LogP contribution in [0, 0.1) is 0 Å². The van der Waals surface area contributed by atoms with Crippen molar-refractivity contribution in [2.75, 3.05) is 32.0 Å². The van der Waals surface area contributed by atoms with Gasteiger partial charge in [-0.1, -0.05) is 41.8 Å². The SMILES string of the molecule is CN(CC(=O)Nc1c(Cl)cccc1Cl)C(=O)c1cccc(S(=O)(=O)N2CCCCC2)c1. The number of anilines is 1. The highest BCUT2D eigenvalue weighted by molar-refractivity contribution is 7.89. The predicted molar refractivity (Wildman–Crippen MR) is 121 cm³/mol. The molecule has 1 heterocycles. The van der Waals surface area contributed by atoms with Gasteiger partial charge in [0.15, 0.2) is 0 Å². The number of rotatable bonds is 6. The summed E-state index contributed by atoms with van der Waals surface area (Å²) in [6, 6.07) is 10.7. The Bertz CT molecular complexity index is 1070. The first-order valence-corrected chi connectivity index (χ1v) is 12.0. The van der Waals surface area contributed by atoms with Gasteiger partial charge < -0.3 is 10.2 Å². The van der Waals surface area contributed by atoms with Crippen molar-refractivity contribution < 1.29 is 18.0 Å². The Morgan fingerprint density at radius 1 is 1.03 bits per heavy atom.